The molecule has 1 amide bonds. The second-order valence-electron chi connectivity index (χ2n) is 5.76. The Morgan fingerprint density at radius 1 is 1.00 bits per heavy atom. The summed E-state index contributed by atoms with van der Waals surface area (Å²) in [5, 5.41) is 2.75. The summed E-state index contributed by atoms with van der Waals surface area (Å²) in [6.07, 6.45) is 0.889. The van der Waals surface area contributed by atoms with E-state index in [2.05, 4.69) is 5.32 Å². The molecule has 132 valence electrons. The zero-order valence-corrected chi connectivity index (χ0v) is 14.8. The van der Waals surface area contributed by atoms with Crippen molar-refractivity contribution >= 4 is 17.6 Å². The quantitative estimate of drug-likeness (QED) is 0.613. The summed E-state index contributed by atoms with van der Waals surface area (Å²) in [4.78, 5) is 23.8. The summed E-state index contributed by atoms with van der Waals surface area (Å²) in [5.74, 6) is 0.231. The first-order chi connectivity index (χ1) is 12.0. The standard InChI is InChI=1S/C20H23NO4/c1-14-8-6-9-15(2)19(14)25-13-7-12-18(22)21-17-11-5-4-10-16(17)20(23)24-3/h4-6,8-11H,7,12-13H2,1-3H3,(H,21,22). The Hall–Kier alpha value is -2.82. The number of hydrogen-bond acceptors (Lipinski definition) is 4. The number of hydrogen-bond donors (Lipinski definition) is 1. The summed E-state index contributed by atoms with van der Waals surface area (Å²) in [6, 6.07) is 12.8. The molecule has 0 aliphatic carbocycles. The maximum absolute atomic E-state index is 12.1. The van der Waals surface area contributed by atoms with Crippen molar-refractivity contribution < 1.29 is 19.1 Å². The fourth-order valence-electron chi connectivity index (χ4n) is 2.53. The molecule has 5 heteroatoms. The Bertz CT molecular complexity index is 735. The molecule has 0 bridgehead atoms. The fourth-order valence-corrected chi connectivity index (χ4v) is 2.53. The van der Waals surface area contributed by atoms with Crippen molar-refractivity contribution in [3.05, 3.63) is 59.2 Å². The van der Waals surface area contributed by atoms with Crippen LogP contribution in [-0.2, 0) is 9.53 Å². The van der Waals surface area contributed by atoms with Crippen molar-refractivity contribution in [2.24, 2.45) is 0 Å². The third-order valence-electron chi connectivity index (χ3n) is 3.81. The zero-order chi connectivity index (χ0) is 18.2. The smallest absolute Gasteiger partial charge is 0.339 e. The molecule has 25 heavy (non-hydrogen) atoms. The van der Waals surface area contributed by atoms with Crippen molar-refractivity contribution in [3.63, 3.8) is 0 Å². The average Bonchev–Trinajstić information content (AvgIpc) is 2.60. The van der Waals surface area contributed by atoms with Gasteiger partial charge in [0.2, 0.25) is 5.91 Å². The number of esters is 1. The van der Waals surface area contributed by atoms with Crippen LogP contribution in [0.2, 0.25) is 0 Å². The third kappa shape index (κ3) is 5.08. The number of anilines is 1. The molecule has 2 rings (SSSR count). The van der Waals surface area contributed by atoms with E-state index in [1.54, 1.807) is 24.3 Å². The topological polar surface area (TPSA) is 64.6 Å². The first-order valence-corrected chi connectivity index (χ1v) is 8.19. The van der Waals surface area contributed by atoms with Crippen molar-refractivity contribution in [1.29, 1.82) is 0 Å². The molecule has 0 aromatic heterocycles. The summed E-state index contributed by atoms with van der Waals surface area (Å²) < 4.78 is 10.5. The van der Waals surface area contributed by atoms with Gasteiger partial charge in [-0.25, -0.2) is 4.79 Å². The lowest BCUT2D eigenvalue weighted by Gasteiger charge is -2.12. The van der Waals surface area contributed by atoms with Crippen LogP contribution < -0.4 is 10.1 Å². The largest absolute Gasteiger partial charge is 0.493 e. The molecule has 0 atom stereocenters. The SMILES string of the molecule is COC(=O)c1ccccc1NC(=O)CCCOc1c(C)cccc1C. The van der Waals surface area contributed by atoms with Gasteiger partial charge in [0.05, 0.1) is 25.0 Å². The lowest BCUT2D eigenvalue weighted by atomic mass is 10.1. The van der Waals surface area contributed by atoms with Gasteiger partial charge in [0.15, 0.2) is 0 Å². The average molecular weight is 341 g/mol. The summed E-state index contributed by atoms with van der Waals surface area (Å²) in [6.45, 7) is 4.45. The first-order valence-electron chi connectivity index (χ1n) is 8.19. The minimum absolute atomic E-state index is 0.165. The summed E-state index contributed by atoms with van der Waals surface area (Å²) in [5.41, 5.74) is 2.95. The summed E-state index contributed by atoms with van der Waals surface area (Å²) in [7, 11) is 1.31. The van der Waals surface area contributed by atoms with Crippen LogP contribution in [0.5, 0.6) is 5.75 Å². The van der Waals surface area contributed by atoms with E-state index in [-0.39, 0.29) is 5.91 Å². The molecule has 0 unspecified atom stereocenters. The second-order valence-corrected chi connectivity index (χ2v) is 5.76. The molecule has 0 spiro atoms. The van der Waals surface area contributed by atoms with E-state index in [0.29, 0.717) is 30.7 Å². The number of amides is 1. The Kier molecular flexibility index (Phi) is 6.57. The number of ether oxygens (including phenoxy) is 2. The van der Waals surface area contributed by atoms with Crippen LogP contribution in [0.3, 0.4) is 0 Å². The van der Waals surface area contributed by atoms with Gasteiger partial charge in [-0.05, 0) is 43.5 Å². The highest BCUT2D eigenvalue weighted by atomic mass is 16.5. The highest BCUT2D eigenvalue weighted by Crippen LogP contribution is 2.22. The monoisotopic (exact) mass is 341 g/mol. The molecule has 0 saturated carbocycles. The number of methoxy groups -OCH3 is 1. The zero-order valence-electron chi connectivity index (χ0n) is 14.8. The van der Waals surface area contributed by atoms with E-state index in [9.17, 15) is 9.59 Å². The molecule has 0 aliphatic rings. The molecule has 2 aromatic carbocycles. The van der Waals surface area contributed by atoms with Gasteiger partial charge in [-0.3, -0.25) is 4.79 Å². The minimum atomic E-state index is -0.478. The number of carbonyl (C=O) groups excluding carboxylic acids is 2. The van der Waals surface area contributed by atoms with E-state index in [1.807, 2.05) is 32.0 Å². The molecule has 0 radical (unpaired) electrons. The molecule has 1 N–H and O–H groups in total. The van der Waals surface area contributed by atoms with E-state index >= 15 is 0 Å². The van der Waals surface area contributed by atoms with Gasteiger partial charge >= 0.3 is 5.97 Å². The first kappa shape index (κ1) is 18.5. The third-order valence-corrected chi connectivity index (χ3v) is 3.81. The molecule has 0 heterocycles. The number of benzene rings is 2. The van der Waals surface area contributed by atoms with E-state index in [0.717, 1.165) is 16.9 Å². The maximum atomic E-state index is 12.1. The second kappa shape index (κ2) is 8.87. The normalized spacial score (nSPS) is 10.2. The maximum Gasteiger partial charge on any atom is 0.339 e. The van der Waals surface area contributed by atoms with Crippen LogP contribution in [0.15, 0.2) is 42.5 Å². The lowest BCUT2D eigenvalue weighted by molar-refractivity contribution is -0.116. The predicted molar refractivity (Wildman–Crippen MR) is 97.1 cm³/mol. The number of rotatable bonds is 7. The van der Waals surface area contributed by atoms with Gasteiger partial charge in [0.25, 0.3) is 0 Å². The van der Waals surface area contributed by atoms with Crippen molar-refractivity contribution in [3.8, 4) is 5.75 Å². The van der Waals surface area contributed by atoms with Gasteiger partial charge in [-0.2, -0.15) is 0 Å². The molecule has 0 saturated heterocycles. The van der Waals surface area contributed by atoms with Crippen molar-refractivity contribution in [1.82, 2.24) is 0 Å². The van der Waals surface area contributed by atoms with Crippen LogP contribution in [0, 0.1) is 13.8 Å². The molecular formula is C20H23NO4. The highest BCUT2D eigenvalue weighted by Gasteiger charge is 2.13. The fraction of sp³-hybridized carbons (Fsp3) is 0.300. The Morgan fingerprint density at radius 3 is 2.36 bits per heavy atom. The van der Waals surface area contributed by atoms with Crippen LogP contribution in [0.1, 0.15) is 34.3 Å². The van der Waals surface area contributed by atoms with Crippen molar-refractivity contribution in [2.45, 2.75) is 26.7 Å². The summed E-state index contributed by atoms with van der Waals surface area (Å²) >= 11 is 0. The van der Waals surface area contributed by atoms with Gasteiger partial charge < -0.3 is 14.8 Å². The molecular weight excluding hydrogens is 318 g/mol. The van der Waals surface area contributed by atoms with Crippen LogP contribution in [0.4, 0.5) is 5.69 Å². The van der Waals surface area contributed by atoms with Crippen LogP contribution in [-0.4, -0.2) is 25.6 Å². The number of aryl methyl sites for hydroxylation is 2. The highest BCUT2D eigenvalue weighted by molar-refractivity contribution is 6.01. The van der Waals surface area contributed by atoms with Crippen LogP contribution >= 0.6 is 0 Å². The van der Waals surface area contributed by atoms with Gasteiger partial charge in [-0.1, -0.05) is 30.3 Å². The van der Waals surface area contributed by atoms with E-state index < -0.39 is 5.97 Å². The van der Waals surface area contributed by atoms with E-state index in [4.69, 9.17) is 9.47 Å². The van der Waals surface area contributed by atoms with Gasteiger partial charge in [0.1, 0.15) is 5.75 Å². The van der Waals surface area contributed by atoms with Gasteiger partial charge in [-0.15, -0.1) is 0 Å². The Balaban J connectivity index is 1.85. The molecule has 0 aliphatic heterocycles. The van der Waals surface area contributed by atoms with Crippen molar-refractivity contribution in [2.75, 3.05) is 19.0 Å². The number of carbonyl (C=O) groups is 2. The lowest BCUT2D eigenvalue weighted by Crippen LogP contribution is -2.16. The van der Waals surface area contributed by atoms with Gasteiger partial charge in [0, 0.05) is 6.42 Å². The van der Waals surface area contributed by atoms with Crippen LogP contribution in [0.25, 0.3) is 0 Å². The number of para-hydroxylation sites is 2. The number of nitrogens with one attached hydrogen (secondary N) is 1. The predicted octanol–water partition coefficient (Wildman–Crippen LogP) is 3.89. The minimum Gasteiger partial charge on any atom is -0.493 e. The van der Waals surface area contributed by atoms with E-state index in [1.165, 1.54) is 7.11 Å². The molecule has 5 nitrogen and oxygen atoms in total. The molecule has 0 fully saturated rings. The molecule has 2 aromatic rings. The Morgan fingerprint density at radius 2 is 1.68 bits per heavy atom. The Labute approximate surface area is 148 Å².